The van der Waals surface area contributed by atoms with Crippen LogP contribution in [-0.2, 0) is 4.79 Å². The van der Waals surface area contributed by atoms with Crippen LogP contribution in [0.25, 0.3) is 0 Å². The third-order valence-corrected chi connectivity index (χ3v) is 2.37. The average molecular weight is 282 g/mol. The van der Waals surface area contributed by atoms with Crippen LogP contribution in [0.5, 0.6) is 0 Å². The lowest BCUT2D eigenvalue weighted by Crippen LogP contribution is -2.25. The summed E-state index contributed by atoms with van der Waals surface area (Å²) in [5.41, 5.74) is -0.217. The highest BCUT2D eigenvalue weighted by Crippen LogP contribution is 2.28. The van der Waals surface area contributed by atoms with Gasteiger partial charge in [-0.2, -0.15) is 0 Å². The Kier molecular flexibility index (Phi) is 6.14. The van der Waals surface area contributed by atoms with Gasteiger partial charge in [0.2, 0.25) is 17.5 Å². The Bertz CT molecular complexity index is 479. The van der Waals surface area contributed by atoms with Gasteiger partial charge in [0.15, 0.2) is 0 Å². The van der Waals surface area contributed by atoms with Gasteiger partial charge in [0, 0.05) is 26.1 Å². The fourth-order valence-corrected chi connectivity index (χ4v) is 1.56. The van der Waals surface area contributed by atoms with Gasteiger partial charge in [-0.1, -0.05) is 0 Å². The zero-order valence-electron chi connectivity index (χ0n) is 11.5. The largest absolute Gasteiger partial charge is 0.364 e. The van der Waals surface area contributed by atoms with Gasteiger partial charge < -0.3 is 16.0 Å². The van der Waals surface area contributed by atoms with E-state index < -0.39 is 4.92 Å². The molecule has 0 aliphatic heterocycles. The zero-order valence-corrected chi connectivity index (χ0v) is 11.5. The van der Waals surface area contributed by atoms with Gasteiger partial charge >= 0.3 is 5.69 Å². The molecular formula is C11H18N6O3. The van der Waals surface area contributed by atoms with Crippen molar-refractivity contribution >= 4 is 23.2 Å². The van der Waals surface area contributed by atoms with E-state index in [-0.39, 0.29) is 36.2 Å². The van der Waals surface area contributed by atoms with Crippen LogP contribution in [0.4, 0.5) is 17.3 Å². The first-order chi connectivity index (χ1) is 9.60. The Morgan fingerprint density at radius 3 is 2.45 bits per heavy atom. The third kappa shape index (κ3) is 4.34. The van der Waals surface area contributed by atoms with Crippen molar-refractivity contribution in [2.75, 3.05) is 30.3 Å². The van der Waals surface area contributed by atoms with E-state index in [0.717, 1.165) is 0 Å². The number of amides is 1. The van der Waals surface area contributed by atoms with Crippen molar-refractivity contribution in [3.8, 4) is 0 Å². The van der Waals surface area contributed by atoms with Crippen molar-refractivity contribution < 1.29 is 9.72 Å². The summed E-state index contributed by atoms with van der Waals surface area (Å²) in [6.45, 7) is 4.96. The highest BCUT2D eigenvalue weighted by molar-refractivity contribution is 5.76. The number of carbonyl (C=O) groups excluding carboxylic acids is 1. The fraction of sp³-hybridized carbons (Fsp3) is 0.545. The van der Waals surface area contributed by atoms with Gasteiger partial charge in [-0.15, -0.1) is 0 Å². The number of hydrogen-bond donors (Lipinski definition) is 3. The molecule has 0 bridgehead atoms. The molecule has 0 spiro atoms. The molecule has 1 rings (SSSR count). The molecule has 1 heterocycles. The number of anilines is 2. The Hall–Kier alpha value is -2.45. The standard InChI is InChI=1S/C11H18N6O3/c1-3-12-8(18)5-6-14-11-9(17(19)20)10(13-4-2)15-7-16-11/h7H,3-6H2,1-2H3,(H,12,18)(H2,13,14,15,16). The highest BCUT2D eigenvalue weighted by atomic mass is 16.6. The molecule has 0 saturated carbocycles. The monoisotopic (exact) mass is 282 g/mol. The van der Waals surface area contributed by atoms with E-state index in [4.69, 9.17) is 0 Å². The molecule has 1 amide bonds. The number of hydrogen-bond acceptors (Lipinski definition) is 7. The molecule has 0 aromatic carbocycles. The van der Waals surface area contributed by atoms with Crippen molar-refractivity contribution in [1.29, 1.82) is 0 Å². The summed E-state index contributed by atoms with van der Waals surface area (Å²) < 4.78 is 0. The molecule has 0 aliphatic rings. The molecule has 9 heteroatoms. The van der Waals surface area contributed by atoms with Crippen LogP contribution >= 0.6 is 0 Å². The SMILES string of the molecule is CCNC(=O)CCNc1ncnc(NCC)c1[N+](=O)[O-]. The maximum Gasteiger partial charge on any atom is 0.353 e. The van der Waals surface area contributed by atoms with Crippen molar-refractivity contribution in [3.63, 3.8) is 0 Å². The van der Waals surface area contributed by atoms with Gasteiger partial charge in [0.05, 0.1) is 4.92 Å². The van der Waals surface area contributed by atoms with Crippen LogP contribution in [0.15, 0.2) is 6.33 Å². The van der Waals surface area contributed by atoms with Crippen LogP contribution in [0, 0.1) is 10.1 Å². The zero-order chi connectivity index (χ0) is 15.0. The molecule has 110 valence electrons. The second-order valence-corrected chi connectivity index (χ2v) is 3.84. The molecule has 0 aliphatic carbocycles. The first-order valence-electron chi connectivity index (χ1n) is 6.33. The lowest BCUT2D eigenvalue weighted by Gasteiger charge is -2.08. The highest BCUT2D eigenvalue weighted by Gasteiger charge is 2.22. The summed E-state index contributed by atoms with van der Waals surface area (Å²) in [6.07, 6.45) is 1.45. The van der Waals surface area contributed by atoms with Crippen molar-refractivity contribution in [3.05, 3.63) is 16.4 Å². The molecule has 0 radical (unpaired) electrons. The predicted octanol–water partition coefficient (Wildman–Crippen LogP) is 0.755. The number of nitro groups is 1. The van der Waals surface area contributed by atoms with Crippen LogP contribution < -0.4 is 16.0 Å². The molecular weight excluding hydrogens is 264 g/mol. The number of carbonyl (C=O) groups is 1. The molecule has 0 saturated heterocycles. The minimum absolute atomic E-state index is 0.102. The minimum Gasteiger partial charge on any atom is -0.364 e. The van der Waals surface area contributed by atoms with Gasteiger partial charge in [-0.05, 0) is 13.8 Å². The number of rotatable bonds is 8. The predicted molar refractivity (Wildman–Crippen MR) is 74.6 cm³/mol. The molecule has 0 atom stereocenters. The summed E-state index contributed by atoms with van der Waals surface area (Å²) in [5.74, 6) is 0.141. The van der Waals surface area contributed by atoms with Gasteiger partial charge in [-0.25, -0.2) is 9.97 Å². The second-order valence-electron chi connectivity index (χ2n) is 3.84. The average Bonchev–Trinajstić information content (AvgIpc) is 2.39. The topological polar surface area (TPSA) is 122 Å². The van der Waals surface area contributed by atoms with Gasteiger partial charge in [0.25, 0.3) is 0 Å². The maximum absolute atomic E-state index is 11.3. The quantitative estimate of drug-likeness (QED) is 0.475. The summed E-state index contributed by atoms with van der Waals surface area (Å²) in [7, 11) is 0. The molecule has 1 aromatic rings. The molecule has 0 unspecified atom stereocenters. The molecule has 3 N–H and O–H groups in total. The molecule has 1 aromatic heterocycles. The lowest BCUT2D eigenvalue weighted by molar-refractivity contribution is -0.383. The maximum atomic E-state index is 11.3. The summed E-state index contributed by atoms with van der Waals surface area (Å²) in [4.78, 5) is 29.5. The van der Waals surface area contributed by atoms with E-state index in [2.05, 4.69) is 25.9 Å². The molecule has 20 heavy (non-hydrogen) atoms. The van der Waals surface area contributed by atoms with Crippen LogP contribution in [0.3, 0.4) is 0 Å². The minimum atomic E-state index is -0.549. The van der Waals surface area contributed by atoms with E-state index in [9.17, 15) is 14.9 Å². The second kappa shape index (κ2) is 7.87. The van der Waals surface area contributed by atoms with Crippen molar-refractivity contribution in [2.45, 2.75) is 20.3 Å². The van der Waals surface area contributed by atoms with Crippen LogP contribution in [-0.4, -0.2) is 40.4 Å². The smallest absolute Gasteiger partial charge is 0.353 e. The van der Waals surface area contributed by atoms with Crippen molar-refractivity contribution in [2.24, 2.45) is 0 Å². The van der Waals surface area contributed by atoms with Crippen LogP contribution in [0.2, 0.25) is 0 Å². The van der Waals surface area contributed by atoms with Crippen LogP contribution in [0.1, 0.15) is 20.3 Å². The number of nitrogens with zero attached hydrogens (tertiary/aromatic N) is 3. The van der Waals surface area contributed by atoms with Gasteiger partial charge in [0.1, 0.15) is 6.33 Å². The van der Waals surface area contributed by atoms with E-state index in [1.54, 1.807) is 0 Å². The van der Waals surface area contributed by atoms with E-state index in [0.29, 0.717) is 13.1 Å². The normalized spacial score (nSPS) is 9.90. The number of nitrogens with one attached hydrogen (secondary N) is 3. The van der Waals surface area contributed by atoms with E-state index in [1.165, 1.54) is 6.33 Å². The van der Waals surface area contributed by atoms with Gasteiger partial charge in [-0.3, -0.25) is 14.9 Å². The summed E-state index contributed by atoms with van der Waals surface area (Å²) >= 11 is 0. The number of aromatic nitrogens is 2. The van der Waals surface area contributed by atoms with E-state index >= 15 is 0 Å². The summed E-state index contributed by atoms with van der Waals surface area (Å²) in [5, 5.41) is 19.3. The van der Waals surface area contributed by atoms with Crippen molar-refractivity contribution in [1.82, 2.24) is 15.3 Å². The first-order valence-corrected chi connectivity index (χ1v) is 6.33. The third-order valence-electron chi connectivity index (χ3n) is 2.37. The Morgan fingerprint density at radius 1 is 1.25 bits per heavy atom. The van der Waals surface area contributed by atoms with E-state index in [1.807, 2.05) is 13.8 Å². The Balaban J connectivity index is 2.76. The Labute approximate surface area is 116 Å². The molecule has 0 fully saturated rings. The first kappa shape index (κ1) is 15.6. The molecule has 9 nitrogen and oxygen atoms in total. The Morgan fingerprint density at radius 2 is 1.90 bits per heavy atom. The summed E-state index contributed by atoms with van der Waals surface area (Å²) in [6, 6.07) is 0. The fourth-order valence-electron chi connectivity index (χ4n) is 1.56. The lowest BCUT2D eigenvalue weighted by atomic mass is 10.3.